The number of nitrogens with zero attached hydrogens (tertiary/aromatic N) is 1. The van der Waals surface area contributed by atoms with Gasteiger partial charge in [-0.1, -0.05) is 54.6 Å². The third-order valence-electron chi connectivity index (χ3n) is 5.62. The fourth-order valence-corrected chi connectivity index (χ4v) is 3.63. The Morgan fingerprint density at radius 3 is 2.19 bits per heavy atom. The molecule has 0 aliphatic heterocycles. The number of nitrogen functional groups attached to an aromatic ring is 1. The molecule has 7 nitrogen and oxygen atoms in total. The van der Waals surface area contributed by atoms with Crippen LogP contribution in [0.4, 0.5) is 27.5 Å². The van der Waals surface area contributed by atoms with Crippen LogP contribution in [0.3, 0.4) is 0 Å². The molecule has 0 unspecified atom stereocenters. The molecular weight excluding hydrogens is 464 g/mol. The summed E-state index contributed by atoms with van der Waals surface area (Å²) in [5.74, 6) is 0.446. The number of carbonyl (C=O) groups is 2. The van der Waals surface area contributed by atoms with Crippen molar-refractivity contribution in [2.24, 2.45) is 0 Å². The molecule has 0 aromatic heterocycles. The normalized spacial score (nSPS) is 10.6. The molecule has 4 aromatic carbocycles. The van der Waals surface area contributed by atoms with E-state index in [-0.39, 0.29) is 11.9 Å². The Bertz CT molecular complexity index is 1370. The Morgan fingerprint density at radius 1 is 0.838 bits per heavy atom. The lowest BCUT2D eigenvalue weighted by molar-refractivity contribution is -0.111. The summed E-state index contributed by atoms with van der Waals surface area (Å²) >= 11 is 0. The van der Waals surface area contributed by atoms with Gasteiger partial charge >= 0.3 is 6.03 Å². The van der Waals surface area contributed by atoms with Crippen molar-refractivity contribution in [3.8, 4) is 5.75 Å². The van der Waals surface area contributed by atoms with Gasteiger partial charge in [-0.05, 0) is 65.7 Å². The third-order valence-corrected chi connectivity index (χ3v) is 5.62. The molecule has 0 aliphatic carbocycles. The van der Waals surface area contributed by atoms with E-state index >= 15 is 0 Å². The van der Waals surface area contributed by atoms with Crippen molar-refractivity contribution in [1.29, 1.82) is 0 Å². The van der Waals surface area contributed by atoms with Gasteiger partial charge in [0.1, 0.15) is 5.75 Å². The maximum absolute atomic E-state index is 13.2. The molecule has 3 amide bonds. The molecule has 0 fully saturated rings. The standard InChI is InChI=1S/C30H28N4O3/c1-37-26-18-16-24(17-19-26)32-30(36)34(25-7-3-2-4-8-25)21-23-13-11-22(12-14-23)15-20-29(35)33-28-10-6-5-9-27(28)31/h2-20H,21,31H2,1H3,(H,32,36)(H,33,35)/b20-15+. The van der Waals surface area contributed by atoms with E-state index in [0.29, 0.717) is 29.4 Å². The molecule has 186 valence electrons. The first-order chi connectivity index (χ1) is 18.0. The lowest BCUT2D eigenvalue weighted by Crippen LogP contribution is -2.34. The topological polar surface area (TPSA) is 96.7 Å². The molecule has 0 atom stereocenters. The molecule has 4 N–H and O–H groups in total. The average Bonchev–Trinajstić information content (AvgIpc) is 2.93. The number of amides is 3. The van der Waals surface area contributed by atoms with E-state index in [1.54, 1.807) is 54.5 Å². The molecule has 0 saturated heterocycles. The van der Waals surface area contributed by atoms with Crippen LogP contribution in [-0.2, 0) is 11.3 Å². The summed E-state index contributed by atoms with van der Waals surface area (Å²) in [5, 5.41) is 5.71. The van der Waals surface area contributed by atoms with Gasteiger partial charge < -0.3 is 21.1 Å². The first-order valence-electron chi connectivity index (χ1n) is 11.7. The Morgan fingerprint density at radius 2 is 1.51 bits per heavy atom. The second kappa shape index (κ2) is 12.1. The van der Waals surface area contributed by atoms with Gasteiger partial charge in [-0.2, -0.15) is 0 Å². The van der Waals surface area contributed by atoms with Crippen LogP contribution < -0.4 is 26.0 Å². The van der Waals surface area contributed by atoms with Gasteiger partial charge in [0.05, 0.1) is 25.0 Å². The number of hydrogen-bond donors (Lipinski definition) is 3. The predicted molar refractivity (Wildman–Crippen MR) is 150 cm³/mol. The molecular formula is C30H28N4O3. The number of nitrogens with two attached hydrogens (primary N) is 1. The van der Waals surface area contributed by atoms with Gasteiger partial charge in [0, 0.05) is 17.5 Å². The Balaban J connectivity index is 1.43. The fourth-order valence-electron chi connectivity index (χ4n) is 3.63. The second-order valence-corrected chi connectivity index (χ2v) is 8.23. The van der Waals surface area contributed by atoms with E-state index in [0.717, 1.165) is 16.8 Å². The zero-order valence-electron chi connectivity index (χ0n) is 20.4. The molecule has 7 heteroatoms. The Hall–Kier alpha value is -5.04. The molecule has 37 heavy (non-hydrogen) atoms. The highest BCUT2D eigenvalue weighted by molar-refractivity contribution is 6.03. The molecule has 0 aliphatic rings. The number of para-hydroxylation sites is 3. The maximum atomic E-state index is 13.2. The number of hydrogen-bond acceptors (Lipinski definition) is 4. The predicted octanol–water partition coefficient (Wildman–Crippen LogP) is 6.17. The maximum Gasteiger partial charge on any atom is 0.326 e. The van der Waals surface area contributed by atoms with Crippen LogP contribution in [0.1, 0.15) is 11.1 Å². The largest absolute Gasteiger partial charge is 0.497 e. The van der Waals surface area contributed by atoms with E-state index in [9.17, 15) is 9.59 Å². The minimum atomic E-state index is -0.271. The van der Waals surface area contributed by atoms with Gasteiger partial charge in [0.25, 0.3) is 0 Å². The number of nitrogens with one attached hydrogen (secondary N) is 2. The molecule has 0 saturated carbocycles. The average molecular weight is 493 g/mol. The lowest BCUT2D eigenvalue weighted by atomic mass is 10.1. The summed E-state index contributed by atoms with van der Waals surface area (Å²) in [7, 11) is 1.60. The van der Waals surface area contributed by atoms with E-state index in [1.165, 1.54) is 6.08 Å². The molecule has 4 aromatic rings. The zero-order valence-corrected chi connectivity index (χ0v) is 20.4. The minimum Gasteiger partial charge on any atom is -0.497 e. The molecule has 0 heterocycles. The minimum absolute atomic E-state index is 0.253. The van der Waals surface area contributed by atoms with Crippen molar-refractivity contribution in [1.82, 2.24) is 0 Å². The van der Waals surface area contributed by atoms with Gasteiger partial charge in [-0.3, -0.25) is 9.69 Å². The number of benzene rings is 4. The van der Waals surface area contributed by atoms with Gasteiger partial charge in [-0.15, -0.1) is 0 Å². The van der Waals surface area contributed by atoms with Crippen LogP contribution in [0.25, 0.3) is 6.08 Å². The first kappa shape index (κ1) is 25.1. The highest BCUT2D eigenvalue weighted by Crippen LogP contribution is 2.21. The van der Waals surface area contributed by atoms with Crippen molar-refractivity contribution in [3.05, 3.63) is 120 Å². The van der Waals surface area contributed by atoms with Crippen molar-refractivity contribution in [2.45, 2.75) is 6.54 Å². The van der Waals surface area contributed by atoms with Gasteiger partial charge in [0.15, 0.2) is 0 Å². The van der Waals surface area contributed by atoms with E-state index in [4.69, 9.17) is 10.5 Å². The molecule has 0 bridgehead atoms. The van der Waals surface area contributed by atoms with Gasteiger partial charge in [0.2, 0.25) is 5.91 Å². The molecule has 0 spiro atoms. The lowest BCUT2D eigenvalue weighted by Gasteiger charge is -2.23. The quantitative estimate of drug-likeness (QED) is 0.202. The van der Waals surface area contributed by atoms with Crippen LogP contribution in [0.2, 0.25) is 0 Å². The number of carbonyl (C=O) groups excluding carboxylic acids is 2. The number of ether oxygens (including phenoxy) is 1. The van der Waals surface area contributed by atoms with Gasteiger partial charge in [-0.25, -0.2) is 4.79 Å². The summed E-state index contributed by atoms with van der Waals surface area (Å²) in [6, 6.07) is 31.2. The van der Waals surface area contributed by atoms with Crippen LogP contribution in [0.5, 0.6) is 5.75 Å². The Labute approximate surface area is 216 Å². The summed E-state index contributed by atoms with van der Waals surface area (Å²) in [5.41, 5.74) is 10.2. The van der Waals surface area contributed by atoms with Crippen LogP contribution in [0, 0.1) is 0 Å². The van der Waals surface area contributed by atoms with Crippen LogP contribution in [0.15, 0.2) is 109 Å². The monoisotopic (exact) mass is 492 g/mol. The van der Waals surface area contributed by atoms with Crippen molar-refractivity contribution >= 4 is 40.8 Å². The SMILES string of the molecule is COc1ccc(NC(=O)N(Cc2ccc(/C=C/C(=O)Nc3ccccc3N)cc2)c2ccccc2)cc1. The van der Waals surface area contributed by atoms with Crippen molar-refractivity contribution < 1.29 is 14.3 Å². The highest BCUT2D eigenvalue weighted by atomic mass is 16.5. The number of urea groups is 1. The summed E-state index contributed by atoms with van der Waals surface area (Å²) in [6.45, 7) is 0.365. The third kappa shape index (κ3) is 6.99. The van der Waals surface area contributed by atoms with Crippen LogP contribution in [-0.4, -0.2) is 19.0 Å². The Kier molecular flexibility index (Phi) is 8.18. The van der Waals surface area contributed by atoms with Crippen molar-refractivity contribution in [3.63, 3.8) is 0 Å². The molecule has 4 rings (SSSR count). The number of methoxy groups -OCH3 is 1. The highest BCUT2D eigenvalue weighted by Gasteiger charge is 2.16. The first-order valence-corrected chi connectivity index (χ1v) is 11.7. The van der Waals surface area contributed by atoms with Crippen molar-refractivity contribution in [2.75, 3.05) is 28.4 Å². The fraction of sp³-hybridized carbons (Fsp3) is 0.0667. The van der Waals surface area contributed by atoms with E-state index < -0.39 is 0 Å². The summed E-state index contributed by atoms with van der Waals surface area (Å²) in [4.78, 5) is 27.1. The van der Waals surface area contributed by atoms with Crippen LogP contribution >= 0.6 is 0 Å². The smallest absolute Gasteiger partial charge is 0.326 e. The van der Waals surface area contributed by atoms with E-state index in [1.807, 2.05) is 66.7 Å². The molecule has 0 radical (unpaired) electrons. The number of rotatable bonds is 8. The summed E-state index contributed by atoms with van der Waals surface area (Å²) < 4.78 is 5.19. The zero-order chi connectivity index (χ0) is 26.0. The van der Waals surface area contributed by atoms with E-state index in [2.05, 4.69) is 10.6 Å². The summed E-state index contributed by atoms with van der Waals surface area (Å²) in [6.07, 6.45) is 3.18. The second-order valence-electron chi connectivity index (χ2n) is 8.23. The number of anilines is 4.